The molecule has 5 nitrogen and oxygen atoms in total. The predicted molar refractivity (Wildman–Crippen MR) is 91.3 cm³/mol. The van der Waals surface area contributed by atoms with Crippen LogP contribution in [0.15, 0.2) is 36.5 Å². The molecule has 0 saturated heterocycles. The maximum Gasteiger partial charge on any atom is 0.416 e. The zero-order valence-corrected chi connectivity index (χ0v) is 14.2. The molecule has 0 spiro atoms. The van der Waals surface area contributed by atoms with Crippen molar-refractivity contribution in [1.29, 1.82) is 0 Å². The molecule has 9 heteroatoms. The number of benzene rings is 1. The van der Waals surface area contributed by atoms with Crippen LogP contribution in [0.4, 0.5) is 35.2 Å². The van der Waals surface area contributed by atoms with Gasteiger partial charge in [0.25, 0.3) is 0 Å². The molecule has 0 aliphatic heterocycles. The number of carbonyl (C=O) groups excluding carboxylic acids is 1. The first-order valence-corrected chi connectivity index (χ1v) is 7.70. The molecule has 2 amide bonds. The number of aromatic nitrogens is 1. The highest BCUT2D eigenvalue weighted by Gasteiger charge is 2.31. The number of amides is 2. The number of hydrogen-bond donors (Lipinski definition) is 3. The average Bonchev–Trinajstić information content (AvgIpc) is 2.49. The fourth-order valence-corrected chi connectivity index (χ4v) is 2.07. The van der Waals surface area contributed by atoms with Crippen LogP contribution in [0.25, 0.3) is 0 Å². The number of anilines is 3. The van der Waals surface area contributed by atoms with Crippen LogP contribution >= 0.6 is 11.6 Å². The third-order valence-electron chi connectivity index (χ3n) is 3.00. The highest BCUT2D eigenvalue weighted by Crippen LogP contribution is 2.34. The molecule has 134 valence electrons. The molecule has 0 bridgehead atoms. The molecule has 0 saturated carbocycles. The number of alkyl halides is 3. The third kappa shape index (κ3) is 5.53. The lowest BCUT2D eigenvalue weighted by atomic mass is 10.2. The van der Waals surface area contributed by atoms with Gasteiger partial charge in [-0.3, -0.25) is 0 Å². The van der Waals surface area contributed by atoms with E-state index < -0.39 is 11.7 Å². The van der Waals surface area contributed by atoms with E-state index in [4.69, 9.17) is 11.6 Å². The molecule has 0 aliphatic carbocycles. The van der Waals surface area contributed by atoms with Gasteiger partial charge in [0.2, 0.25) is 0 Å². The van der Waals surface area contributed by atoms with Gasteiger partial charge >= 0.3 is 12.2 Å². The molecule has 3 N–H and O–H groups in total. The molecular weight excluding hydrogens is 357 g/mol. The van der Waals surface area contributed by atoms with Crippen LogP contribution in [0.1, 0.15) is 19.4 Å². The van der Waals surface area contributed by atoms with Gasteiger partial charge < -0.3 is 16.0 Å². The molecule has 0 aliphatic rings. The number of rotatable bonds is 4. The molecule has 0 atom stereocenters. The fourth-order valence-electron chi connectivity index (χ4n) is 1.91. The van der Waals surface area contributed by atoms with Crippen molar-refractivity contribution in [2.45, 2.75) is 26.1 Å². The van der Waals surface area contributed by atoms with Crippen LogP contribution in [-0.2, 0) is 6.18 Å². The van der Waals surface area contributed by atoms with E-state index in [9.17, 15) is 18.0 Å². The molecule has 25 heavy (non-hydrogen) atoms. The Morgan fingerprint density at radius 1 is 1.20 bits per heavy atom. The lowest BCUT2D eigenvalue weighted by molar-refractivity contribution is -0.137. The quantitative estimate of drug-likeness (QED) is 0.705. The molecule has 0 unspecified atom stereocenters. The van der Waals surface area contributed by atoms with E-state index >= 15 is 0 Å². The number of pyridine rings is 1. The van der Waals surface area contributed by atoms with E-state index in [-0.39, 0.29) is 28.6 Å². The van der Waals surface area contributed by atoms with Crippen molar-refractivity contribution in [2.24, 2.45) is 0 Å². The van der Waals surface area contributed by atoms with Crippen molar-refractivity contribution in [1.82, 2.24) is 10.3 Å². The average molecular weight is 373 g/mol. The number of halogens is 4. The summed E-state index contributed by atoms with van der Waals surface area (Å²) >= 11 is 5.92. The second-order valence-electron chi connectivity index (χ2n) is 5.50. The van der Waals surface area contributed by atoms with Crippen LogP contribution in [0.3, 0.4) is 0 Å². The Hall–Kier alpha value is -2.48. The van der Waals surface area contributed by atoms with Crippen LogP contribution in [0, 0.1) is 0 Å². The van der Waals surface area contributed by atoms with Crippen molar-refractivity contribution >= 4 is 34.8 Å². The van der Waals surface area contributed by atoms with Crippen LogP contribution in [0.5, 0.6) is 0 Å². The van der Waals surface area contributed by atoms with Gasteiger partial charge in [0, 0.05) is 6.04 Å². The summed E-state index contributed by atoms with van der Waals surface area (Å²) in [5.74, 6) is 0.288. The zero-order valence-electron chi connectivity index (χ0n) is 13.4. The summed E-state index contributed by atoms with van der Waals surface area (Å²) in [4.78, 5) is 15.6. The maximum absolute atomic E-state index is 12.8. The van der Waals surface area contributed by atoms with Crippen LogP contribution in [0.2, 0.25) is 5.02 Å². The van der Waals surface area contributed by atoms with E-state index in [1.54, 1.807) is 6.07 Å². The Balaban J connectivity index is 2.10. The highest BCUT2D eigenvalue weighted by molar-refractivity contribution is 6.33. The smallest absolute Gasteiger partial charge is 0.339 e. The summed E-state index contributed by atoms with van der Waals surface area (Å²) in [7, 11) is 0. The van der Waals surface area contributed by atoms with Crippen LogP contribution < -0.4 is 16.0 Å². The molecule has 0 fully saturated rings. The minimum atomic E-state index is -4.47. The third-order valence-corrected chi connectivity index (χ3v) is 3.33. The lowest BCUT2D eigenvalue weighted by Gasteiger charge is -2.13. The Labute approximate surface area is 147 Å². The first-order chi connectivity index (χ1) is 11.6. The molecular formula is C16H16ClF3N4O. The van der Waals surface area contributed by atoms with Gasteiger partial charge in [-0.1, -0.05) is 11.6 Å². The summed E-state index contributed by atoms with van der Waals surface area (Å²) in [6.07, 6.45) is -3.09. The largest absolute Gasteiger partial charge is 0.416 e. The van der Waals surface area contributed by atoms with Gasteiger partial charge in [0.1, 0.15) is 5.82 Å². The monoisotopic (exact) mass is 372 g/mol. The summed E-state index contributed by atoms with van der Waals surface area (Å²) in [5.41, 5.74) is -0.288. The first kappa shape index (κ1) is 18.9. The highest BCUT2D eigenvalue weighted by atomic mass is 35.5. The molecule has 2 rings (SSSR count). The lowest BCUT2D eigenvalue weighted by Crippen LogP contribution is -2.34. The standard InChI is InChI=1S/C16H16ClF3N4O/c1-9(2)22-15(25)23-11-4-6-14(21-8-11)24-13-7-10(16(18,19)20)3-5-12(13)17/h3-9H,1-2H3,(H,21,24)(H2,22,23,25). The molecule has 1 heterocycles. The van der Waals surface area contributed by atoms with E-state index in [0.29, 0.717) is 5.69 Å². The Morgan fingerprint density at radius 3 is 2.48 bits per heavy atom. The number of urea groups is 1. The van der Waals surface area contributed by atoms with Crippen LogP contribution in [-0.4, -0.2) is 17.1 Å². The van der Waals surface area contributed by atoms with Gasteiger partial charge in [-0.15, -0.1) is 0 Å². The zero-order chi connectivity index (χ0) is 18.6. The second-order valence-corrected chi connectivity index (χ2v) is 5.91. The Kier molecular flexibility index (Phi) is 5.73. The van der Waals surface area contributed by atoms with E-state index in [2.05, 4.69) is 20.9 Å². The number of nitrogens with zero attached hydrogens (tertiary/aromatic N) is 1. The van der Waals surface area contributed by atoms with Crippen molar-refractivity contribution in [3.05, 3.63) is 47.1 Å². The SMILES string of the molecule is CC(C)NC(=O)Nc1ccc(Nc2cc(C(F)(F)F)ccc2Cl)nc1. The molecule has 1 aromatic heterocycles. The molecule has 1 aromatic carbocycles. The summed E-state index contributed by atoms with van der Waals surface area (Å²) in [6.45, 7) is 3.65. The van der Waals surface area contributed by atoms with E-state index in [0.717, 1.165) is 12.1 Å². The summed E-state index contributed by atoms with van der Waals surface area (Å²) in [5, 5.41) is 8.10. The molecule has 0 radical (unpaired) electrons. The molecule has 2 aromatic rings. The van der Waals surface area contributed by atoms with Crippen molar-refractivity contribution in [2.75, 3.05) is 10.6 Å². The predicted octanol–water partition coefficient (Wildman–Crippen LogP) is 5.03. The summed E-state index contributed by atoms with van der Waals surface area (Å²) in [6, 6.07) is 5.67. The van der Waals surface area contributed by atoms with Crippen molar-refractivity contribution in [3.63, 3.8) is 0 Å². The fraction of sp³-hybridized carbons (Fsp3) is 0.250. The Morgan fingerprint density at radius 2 is 1.92 bits per heavy atom. The van der Waals surface area contributed by atoms with Gasteiger partial charge in [0.15, 0.2) is 0 Å². The maximum atomic E-state index is 12.8. The van der Waals surface area contributed by atoms with Gasteiger partial charge in [-0.05, 0) is 44.2 Å². The second kappa shape index (κ2) is 7.60. The normalized spacial score (nSPS) is 11.3. The van der Waals surface area contributed by atoms with Gasteiger partial charge in [-0.2, -0.15) is 13.2 Å². The summed E-state index contributed by atoms with van der Waals surface area (Å²) < 4.78 is 38.3. The van der Waals surface area contributed by atoms with Crippen molar-refractivity contribution in [3.8, 4) is 0 Å². The number of nitrogens with one attached hydrogen (secondary N) is 3. The Bertz CT molecular complexity index is 748. The van der Waals surface area contributed by atoms with E-state index in [1.165, 1.54) is 18.3 Å². The topological polar surface area (TPSA) is 66.1 Å². The minimum Gasteiger partial charge on any atom is -0.339 e. The van der Waals surface area contributed by atoms with Gasteiger partial charge in [-0.25, -0.2) is 9.78 Å². The minimum absolute atomic E-state index is 0.0167. The number of carbonyl (C=O) groups is 1. The van der Waals surface area contributed by atoms with Crippen molar-refractivity contribution < 1.29 is 18.0 Å². The first-order valence-electron chi connectivity index (χ1n) is 7.32. The van der Waals surface area contributed by atoms with Gasteiger partial charge in [0.05, 0.1) is 28.2 Å². The van der Waals surface area contributed by atoms with E-state index in [1.807, 2.05) is 13.8 Å². The number of hydrogen-bond acceptors (Lipinski definition) is 3.